The van der Waals surface area contributed by atoms with Crippen molar-refractivity contribution in [1.29, 1.82) is 0 Å². The second-order valence-electron chi connectivity index (χ2n) is 7.81. The summed E-state index contributed by atoms with van der Waals surface area (Å²) >= 11 is 0. The number of methoxy groups -OCH3 is 1. The van der Waals surface area contributed by atoms with Crippen LogP contribution in [0.4, 0.5) is 15.8 Å². The SMILES string of the molecule is COCCNC(=O)[C@H](c1ccc(C)o1)N(C(=O)C(=O)Nc1ccc(F)cc1)c1ccc2c(c1)OCO2. The Morgan fingerprint density at radius 1 is 1.06 bits per heavy atom. The molecule has 0 radical (unpaired) electrons. The van der Waals surface area contributed by atoms with Crippen LogP contribution in [0.25, 0.3) is 0 Å². The first-order chi connectivity index (χ1) is 17.4. The smallest absolute Gasteiger partial charge is 0.317 e. The molecule has 11 heteroatoms. The molecular weight excluding hydrogens is 473 g/mol. The number of furan rings is 1. The van der Waals surface area contributed by atoms with Crippen molar-refractivity contribution in [2.45, 2.75) is 13.0 Å². The quantitative estimate of drug-likeness (QED) is 0.363. The monoisotopic (exact) mass is 497 g/mol. The summed E-state index contributed by atoms with van der Waals surface area (Å²) in [5.74, 6) is -1.74. The molecule has 1 aliphatic heterocycles. The molecule has 3 aromatic rings. The van der Waals surface area contributed by atoms with Gasteiger partial charge in [-0.15, -0.1) is 0 Å². The molecule has 36 heavy (non-hydrogen) atoms. The van der Waals surface area contributed by atoms with Crippen LogP contribution >= 0.6 is 0 Å². The average molecular weight is 497 g/mol. The zero-order valence-electron chi connectivity index (χ0n) is 19.6. The van der Waals surface area contributed by atoms with E-state index in [0.29, 0.717) is 17.3 Å². The second-order valence-corrected chi connectivity index (χ2v) is 7.81. The number of benzene rings is 2. The van der Waals surface area contributed by atoms with Crippen LogP contribution in [0.15, 0.2) is 59.0 Å². The predicted octanol–water partition coefficient (Wildman–Crippen LogP) is 2.93. The van der Waals surface area contributed by atoms with Crippen molar-refractivity contribution in [2.75, 3.05) is 37.3 Å². The highest BCUT2D eigenvalue weighted by molar-refractivity contribution is 6.45. The van der Waals surface area contributed by atoms with Gasteiger partial charge >= 0.3 is 11.8 Å². The highest BCUT2D eigenvalue weighted by atomic mass is 19.1. The number of nitrogens with zero attached hydrogens (tertiary/aromatic N) is 1. The van der Waals surface area contributed by atoms with Gasteiger partial charge in [0.1, 0.15) is 17.3 Å². The molecule has 1 aliphatic rings. The number of carbonyl (C=O) groups excluding carboxylic acids is 3. The van der Waals surface area contributed by atoms with Crippen LogP contribution in [0.1, 0.15) is 17.6 Å². The number of hydrogen-bond donors (Lipinski definition) is 2. The van der Waals surface area contributed by atoms with Crippen molar-refractivity contribution >= 4 is 29.1 Å². The number of fused-ring (bicyclic) bond motifs is 1. The summed E-state index contributed by atoms with van der Waals surface area (Å²) in [5, 5.41) is 5.14. The molecule has 188 valence electrons. The van der Waals surface area contributed by atoms with Gasteiger partial charge in [0.25, 0.3) is 5.91 Å². The van der Waals surface area contributed by atoms with Gasteiger partial charge in [0.2, 0.25) is 6.79 Å². The minimum atomic E-state index is -1.35. The normalized spacial score (nSPS) is 12.6. The lowest BCUT2D eigenvalue weighted by Gasteiger charge is -2.29. The van der Waals surface area contributed by atoms with Crippen LogP contribution in [-0.2, 0) is 19.1 Å². The van der Waals surface area contributed by atoms with E-state index in [-0.39, 0.29) is 37.1 Å². The second kappa shape index (κ2) is 10.9. The summed E-state index contributed by atoms with van der Waals surface area (Å²) in [5.41, 5.74) is 0.398. The maximum Gasteiger partial charge on any atom is 0.317 e. The standard InChI is InChI=1S/C25H24FN3O7/c1-15-3-9-20(36-15)22(23(30)27-11-12-33-2)29(18-8-10-19-21(13-18)35-14-34-19)25(32)24(31)28-17-6-4-16(26)5-7-17/h3-10,13,22H,11-12,14H2,1-2H3,(H,27,30)(H,28,31)/t22-/m0/s1. The number of hydrogen-bond acceptors (Lipinski definition) is 7. The van der Waals surface area contributed by atoms with Crippen LogP contribution in [0.5, 0.6) is 11.5 Å². The number of rotatable bonds is 8. The molecule has 2 heterocycles. The van der Waals surface area contributed by atoms with Gasteiger partial charge in [-0.3, -0.25) is 19.3 Å². The Bertz CT molecular complexity index is 1260. The summed E-state index contributed by atoms with van der Waals surface area (Å²) in [4.78, 5) is 41.0. The molecule has 4 rings (SSSR count). The third-order valence-corrected chi connectivity index (χ3v) is 5.29. The number of carbonyl (C=O) groups is 3. The summed E-state index contributed by atoms with van der Waals surface area (Å²) in [6.45, 7) is 2.09. The third kappa shape index (κ3) is 5.47. The number of halogens is 1. The summed E-state index contributed by atoms with van der Waals surface area (Å²) in [6.07, 6.45) is 0. The third-order valence-electron chi connectivity index (χ3n) is 5.29. The van der Waals surface area contributed by atoms with E-state index < -0.39 is 29.6 Å². The maximum absolute atomic E-state index is 13.6. The number of ether oxygens (including phenoxy) is 3. The first kappa shape index (κ1) is 24.7. The Labute approximate surface area is 205 Å². The fraction of sp³-hybridized carbons (Fsp3) is 0.240. The largest absolute Gasteiger partial charge is 0.464 e. The van der Waals surface area contributed by atoms with Crippen LogP contribution in [0.2, 0.25) is 0 Å². The van der Waals surface area contributed by atoms with E-state index in [1.54, 1.807) is 25.1 Å². The van der Waals surface area contributed by atoms with E-state index in [4.69, 9.17) is 18.6 Å². The van der Waals surface area contributed by atoms with Crippen molar-refractivity contribution in [3.63, 3.8) is 0 Å². The lowest BCUT2D eigenvalue weighted by molar-refractivity contribution is -0.136. The number of anilines is 2. The van der Waals surface area contributed by atoms with Gasteiger partial charge < -0.3 is 29.3 Å². The van der Waals surface area contributed by atoms with Crippen molar-refractivity contribution in [1.82, 2.24) is 5.32 Å². The van der Waals surface area contributed by atoms with Gasteiger partial charge in [0.05, 0.1) is 6.61 Å². The molecule has 0 bridgehead atoms. The molecule has 3 amide bonds. The van der Waals surface area contributed by atoms with E-state index in [9.17, 15) is 18.8 Å². The van der Waals surface area contributed by atoms with Crippen molar-refractivity contribution in [3.8, 4) is 11.5 Å². The molecule has 10 nitrogen and oxygen atoms in total. The molecule has 0 unspecified atom stereocenters. The van der Waals surface area contributed by atoms with Crippen LogP contribution in [0.3, 0.4) is 0 Å². The minimum absolute atomic E-state index is 0.00387. The van der Waals surface area contributed by atoms with Crippen LogP contribution in [-0.4, -0.2) is 44.8 Å². The van der Waals surface area contributed by atoms with Gasteiger partial charge in [-0.05, 0) is 55.5 Å². The molecule has 0 saturated heterocycles. The molecule has 0 aliphatic carbocycles. The van der Waals surface area contributed by atoms with E-state index in [1.807, 2.05) is 0 Å². The Morgan fingerprint density at radius 3 is 2.50 bits per heavy atom. The summed E-state index contributed by atoms with van der Waals surface area (Å²) < 4.78 is 34.8. The van der Waals surface area contributed by atoms with Gasteiger partial charge in [0.15, 0.2) is 17.5 Å². The zero-order valence-corrected chi connectivity index (χ0v) is 19.6. The Hall–Kier alpha value is -4.38. The molecule has 0 fully saturated rings. The number of nitrogens with one attached hydrogen (secondary N) is 2. The maximum atomic E-state index is 13.6. The zero-order chi connectivity index (χ0) is 25.7. The molecule has 0 saturated carbocycles. The lowest BCUT2D eigenvalue weighted by Crippen LogP contribution is -2.48. The predicted molar refractivity (Wildman–Crippen MR) is 126 cm³/mol. The van der Waals surface area contributed by atoms with Gasteiger partial charge in [-0.2, -0.15) is 0 Å². The highest BCUT2D eigenvalue weighted by Crippen LogP contribution is 2.38. The highest BCUT2D eigenvalue weighted by Gasteiger charge is 2.38. The van der Waals surface area contributed by atoms with Crippen molar-refractivity contribution in [3.05, 3.63) is 71.9 Å². The van der Waals surface area contributed by atoms with Crippen molar-refractivity contribution < 1.29 is 37.4 Å². The van der Waals surface area contributed by atoms with Crippen LogP contribution in [0, 0.1) is 12.7 Å². The fourth-order valence-electron chi connectivity index (χ4n) is 3.59. The Morgan fingerprint density at radius 2 is 1.81 bits per heavy atom. The van der Waals surface area contributed by atoms with Crippen LogP contribution < -0.4 is 25.0 Å². The van der Waals surface area contributed by atoms with E-state index in [2.05, 4.69) is 10.6 Å². The molecular formula is C25H24FN3O7. The summed E-state index contributed by atoms with van der Waals surface area (Å²) in [7, 11) is 1.49. The van der Waals surface area contributed by atoms with E-state index >= 15 is 0 Å². The molecule has 1 aromatic heterocycles. The topological polar surface area (TPSA) is 119 Å². The number of amides is 3. The van der Waals surface area contributed by atoms with E-state index in [1.165, 1.54) is 31.4 Å². The first-order valence-electron chi connectivity index (χ1n) is 11.0. The Balaban J connectivity index is 1.74. The molecule has 1 atom stereocenters. The van der Waals surface area contributed by atoms with Gasteiger partial charge in [0, 0.05) is 31.1 Å². The average Bonchev–Trinajstić information content (AvgIpc) is 3.51. The molecule has 2 aromatic carbocycles. The minimum Gasteiger partial charge on any atom is -0.464 e. The van der Waals surface area contributed by atoms with Gasteiger partial charge in [-0.1, -0.05) is 0 Å². The molecule has 2 N–H and O–H groups in total. The number of aryl methyl sites for hydroxylation is 1. The fourth-order valence-corrected chi connectivity index (χ4v) is 3.59. The first-order valence-corrected chi connectivity index (χ1v) is 11.0. The van der Waals surface area contributed by atoms with E-state index in [0.717, 1.165) is 17.0 Å². The lowest BCUT2D eigenvalue weighted by atomic mass is 10.1. The summed E-state index contributed by atoms with van der Waals surface area (Å²) in [6, 6.07) is 11.4. The van der Waals surface area contributed by atoms with Crippen molar-refractivity contribution in [2.24, 2.45) is 0 Å². The Kier molecular flexibility index (Phi) is 7.50. The molecule has 0 spiro atoms. The van der Waals surface area contributed by atoms with Gasteiger partial charge in [-0.25, -0.2) is 4.39 Å².